The van der Waals surface area contributed by atoms with Crippen molar-refractivity contribution >= 4 is 11.9 Å². The molecule has 0 spiro atoms. The third kappa shape index (κ3) is 4.84. The zero-order valence-electron chi connectivity index (χ0n) is 19.4. The SMILES string of the molecule is O=C1C2CCCCC2N(Cc2nc(-c3cccc(C(F)(F)F)c3)no2)C(=O)N1CCc1ccccc1. The Morgan fingerprint density at radius 1 is 1.00 bits per heavy atom. The number of hydrogen-bond acceptors (Lipinski definition) is 5. The van der Waals surface area contributed by atoms with Crippen LogP contribution in [0.1, 0.15) is 42.7 Å². The van der Waals surface area contributed by atoms with E-state index in [0.29, 0.717) is 19.3 Å². The summed E-state index contributed by atoms with van der Waals surface area (Å²) in [5.41, 5.74) is 0.383. The molecule has 3 amide bonds. The Morgan fingerprint density at radius 2 is 1.78 bits per heavy atom. The molecular formula is C26H25F3N4O3. The van der Waals surface area contributed by atoms with Crippen molar-refractivity contribution in [1.29, 1.82) is 0 Å². The van der Waals surface area contributed by atoms with Crippen LogP contribution in [0.2, 0.25) is 0 Å². The quantitative estimate of drug-likeness (QED) is 0.460. The van der Waals surface area contributed by atoms with Gasteiger partial charge in [-0.1, -0.05) is 60.5 Å². The molecule has 0 radical (unpaired) electrons. The van der Waals surface area contributed by atoms with Gasteiger partial charge in [-0.25, -0.2) is 4.79 Å². The van der Waals surface area contributed by atoms with Gasteiger partial charge in [-0.15, -0.1) is 0 Å². The first-order valence-corrected chi connectivity index (χ1v) is 12.0. The molecule has 36 heavy (non-hydrogen) atoms. The van der Waals surface area contributed by atoms with Gasteiger partial charge >= 0.3 is 12.2 Å². The number of hydrogen-bond donors (Lipinski definition) is 0. The van der Waals surface area contributed by atoms with E-state index in [2.05, 4.69) is 10.1 Å². The van der Waals surface area contributed by atoms with Gasteiger partial charge in [0.25, 0.3) is 0 Å². The fourth-order valence-corrected chi connectivity index (χ4v) is 5.06. The average molecular weight is 499 g/mol. The van der Waals surface area contributed by atoms with E-state index in [1.165, 1.54) is 17.0 Å². The monoisotopic (exact) mass is 498 g/mol. The zero-order valence-corrected chi connectivity index (χ0v) is 19.4. The smallest absolute Gasteiger partial charge is 0.337 e. The summed E-state index contributed by atoms with van der Waals surface area (Å²) >= 11 is 0. The van der Waals surface area contributed by atoms with E-state index in [0.717, 1.165) is 30.5 Å². The Balaban J connectivity index is 1.36. The molecule has 1 aromatic heterocycles. The number of aromatic nitrogens is 2. The summed E-state index contributed by atoms with van der Waals surface area (Å²) in [4.78, 5) is 33.9. The fraction of sp³-hybridized carbons (Fsp3) is 0.385. The summed E-state index contributed by atoms with van der Waals surface area (Å²) in [6.45, 7) is 0.252. The van der Waals surface area contributed by atoms with Crippen LogP contribution in [0.5, 0.6) is 0 Å². The highest BCUT2D eigenvalue weighted by Crippen LogP contribution is 2.36. The molecule has 1 saturated carbocycles. The van der Waals surface area contributed by atoms with Crippen LogP contribution in [0, 0.1) is 5.92 Å². The lowest BCUT2D eigenvalue weighted by Crippen LogP contribution is -2.62. The first-order chi connectivity index (χ1) is 17.3. The summed E-state index contributed by atoms with van der Waals surface area (Å²) in [7, 11) is 0. The van der Waals surface area contributed by atoms with Crippen LogP contribution in [-0.4, -0.2) is 44.5 Å². The Bertz CT molecular complexity index is 1240. The molecule has 1 aliphatic heterocycles. The van der Waals surface area contributed by atoms with E-state index in [-0.39, 0.29) is 48.2 Å². The minimum atomic E-state index is -4.49. The number of benzene rings is 2. The molecule has 3 aromatic rings. The zero-order chi connectivity index (χ0) is 25.3. The number of imide groups is 1. The topological polar surface area (TPSA) is 79.5 Å². The van der Waals surface area contributed by atoms with E-state index < -0.39 is 17.8 Å². The van der Waals surface area contributed by atoms with Crippen LogP contribution in [0.4, 0.5) is 18.0 Å². The fourth-order valence-electron chi connectivity index (χ4n) is 5.06. The molecule has 0 N–H and O–H groups in total. The van der Waals surface area contributed by atoms with Crippen LogP contribution in [0.25, 0.3) is 11.4 Å². The first kappa shape index (κ1) is 24.0. The Kier molecular flexibility index (Phi) is 6.51. The molecule has 2 aliphatic rings. The largest absolute Gasteiger partial charge is 0.416 e. The molecule has 2 unspecified atom stereocenters. The van der Waals surface area contributed by atoms with E-state index in [1.807, 2.05) is 30.3 Å². The third-order valence-corrected chi connectivity index (χ3v) is 6.88. The lowest BCUT2D eigenvalue weighted by Gasteiger charge is -2.46. The summed E-state index contributed by atoms with van der Waals surface area (Å²) in [6, 6.07) is 13.7. The summed E-state index contributed by atoms with van der Waals surface area (Å²) in [5.74, 6) is -0.319. The number of alkyl halides is 3. The summed E-state index contributed by atoms with van der Waals surface area (Å²) < 4.78 is 44.6. The van der Waals surface area contributed by atoms with Gasteiger partial charge in [0.05, 0.1) is 11.5 Å². The van der Waals surface area contributed by atoms with Crippen molar-refractivity contribution in [3.05, 3.63) is 71.6 Å². The maximum Gasteiger partial charge on any atom is 0.416 e. The van der Waals surface area contributed by atoms with Crippen LogP contribution < -0.4 is 0 Å². The molecule has 2 atom stereocenters. The lowest BCUT2D eigenvalue weighted by atomic mass is 9.81. The predicted octanol–water partition coefficient (Wildman–Crippen LogP) is 5.32. The first-order valence-electron chi connectivity index (χ1n) is 12.0. The van der Waals surface area contributed by atoms with E-state index in [9.17, 15) is 22.8 Å². The predicted molar refractivity (Wildman–Crippen MR) is 123 cm³/mol. The standard InChI is InChI=1S/C26H25F3N4O3/c27-26(28,29)19-10-6-9-18(15-19)23-30-22(36-31-23)16-33-21-12-5-4-11-20(21)24(34)32(25(33)35)14-13-17-7-2-1-3-8-17/h1-3,6-10,15,20-21H,4-5,11-14,16H2. The van der Waals surface area contributed by atoms with Crippen molar-refractivity contribution in [2.75, 3.05) is 6.54 Å². The highest BCUT2D eigenvalue weighted by Gasteiger charge is 2.47. The molecule has 2 fully saturated rings. The highest BCUT2D eigenvalue weighted by atomic mass is 19.4. The lowest BCUT2D eigenvalue weighted by molar-refractivity contribution is -0.141. The Labute approximate surface area is 205 Å². The second-order valence-corrected chi connectivity index (χ2v) is 9.18. The normalized spacial score (nSPS) is 20.5. The molecule has 2 aromatic carbocycles. The van der Waals surface area contributed by atoms with Gasteiger partial charge in [-0.05, 0) is 37.0 Å². The van der Waals surface area contributed by atoms with Crippen molar-refractivity contribution in [2.24, 2.45) is 5.92 Å². The number of amides is 3. The molecular weight excluding hydrogens is 473 g/mol. The van der Waals surface area contributed by atoms with Gasteiger partial charge in [-0.2, -0.15) is 18.2 Å². The third-order valence-electron chi connectivity index (χ3n) is 6.88. The molecule has 10 heteroatoms. The van der Waals surface area contributed by atoms with E-state index in [1.54, 1.807) is 4.90 Å². The number of carbonyl (C=O) groups is 2. The summed E-state index contributed by atoms with van der Waals surface area (Å²) in [5, 5.41) is 3.84. The number of carbonyl (C=O) groups excluding carboxylic acids is 2. The molecule has 1 saturated heterocycles. The van der Waals surface area contributed by atoms with Crippen LogP contribution in [0.3, 0.4) is 0 Å². The van der Waals surface area contributed by atoms with Gasteiger partial charge < -0.3 is 9.42 Å². The van der Waals surface area contributed by atoms with Gasteiger partial charge in [-0.3, -0.25) is 9.69 Å². The van der Waals surface area contributed by atoms with Crippen LogP contribution >= 0.6 is 0 Å². The highest BCUT2D eigenvalue weighted by molar-refractivity contribution is 5.98. The second kappa shape index (κ2) is 9.75. The molecule has 2 heterocycles. The number of fused-ring (bicyclic) bond motifs is 1. The maximum absolute atomic E-state index is 13.5. The van der Waals surface area contributed by atoms with E-state index in [4.69, 9.17) is 4.52 Å². The molecule has 7 nitrogen and oxygen atoms in total. The number of urea groups is 1. The number of halogens is 3. The van der Waals surface area contributed by atoms with Gasteiger partial charge in [0.2, 0.25) is 17.6 Å². The number of rotatable bonds is 6. The van der Waals surface area contributed by atoms with Crippen molar-refractivity contribution in [2.45, 2.75) is 50.9 Å². The Hall–Kier alpha value is -3.69. The Morgan fingerprint density at radius 3 is 2.56 bits per heavy atom. The maximum atomic E-state index is 13.5. The van der Waals surface area contributed by atoms with Crippen molar-refractivity contribution in [1.82, 2.24) is 19.9 Å². The molecule has 0 bridgehead atoms. The van der Waals surface area contributed by atoms with Gasteiger partial charge in [0, 0.05) is 18.2 Å². The second-order valence-electron chi connectivity index (χ2n) is 9.18. The average Bonchev–Trinajstić information content (AvgIpc) is 3.35. The summed E-state index contributed by atoms with van der Waals surface area (Å²) in [6.07, 6.45) is -0.723. The van der Waals surface area contributed by atoms with Gasteiger partial charge in [0.15, 0.2) is 0 Å². The molecule has 188 valence electrons. The number of nitrogens with zero attached hydrogens (tertiary/aromatic N) is 4. The van der Waals surface area contributed by atoms with Crippen LogP contribution in [-0.2, 0) is 23.9 Å². The van der Waals surface area contributed by atoms with Crippen molar-refractivity contribution < 1.29 is 27.3 Å². The minimum Gasteiger partial charge on any atom is -0.337 e. The van der Waals surface area contributed by atoms with Crippen molar-refractivity contribution in [3.8, 4) is 11.4 Å². The van der Waals surface area contributed by atoms with Crippen LogP contribution in [0.15, 0.2) is 59.1 Å². The molecule has 1 aliphatic carbocycles. The van der Waals surface area contributed by atoms with Gasteiger partial charge in [0.1, 0.15) is 6.54 Å². The van der Waals surface area contributed by atoms with Crippen molar-refractivity contribution in [3.63, 3.8) is 0 Å². The van der Waals surface area contributed by atoms with E-state index >= 15 is 0 Å². The molecule has 5 rings (SSSR count). The minimum absolute atomic E-state index is 0.0118.